The quantitative estimate of drug-likeness (QED) is 0.213. The van der Waals surface area contributed by atoms with E-state index in [1.54, 1.807) is 6.20 Å². The van der Waals surface area contributed by atoms with Gasteiger partial charge < -0.3 is 4.74 Å². The van der Waals surface area contributed by atoms with Crippen molar-refractivity contribution in [2.75, 3.05) is 0 Å². The fraction of sp³-hybridized carbons (Fsp3) is 0.323. The maximum atomic E-state index is 12.9. The summed E-state index contributed by atoms with van der Waals surface area (Å²) < 4.78 is 11.2. The lowest BCUT2D eigenvalue weighted by molar-refractivity contribution is -0.149. The zero-order valence-electron chi connectivity index (χ0n) is 21.0. The normalized spacial score (nSPS) is 20.6. The van der Waals surface area contributed by atoms with Crippen molar-refractivity contribution in [3.63, 3.8) is 0 Å². The Morgan fingerprint density at radius 2 is 1.34 bits per heavy atom. The largest absolute Gasteiger partial charge is 0.459 e. The molecule has 1 aliphatic rings. The van der Waals surface area contributed by atoms with Crippen LogP contribution in [-0.4, -0.2) is 12.1 Å². The van der Waals surface area contributed by atoms with Crippen LogP contribution >= 0.6 is 7.05 Å². The predicted octanol–water partition coefficient (Wildman–Crippen LogP) is 6.68. The van der Waals surface area contributed by atoms with Crippen molar-refractivity contribution in [3.05, 3.63) is 103 Å². The van der Waals surface area contributed by atoms with E-state index in [0.29, 0.717) is 17.8 Å². The lowest BCUT2D eigenvalue weighted by Gasteiger charge is -2.36. The number of carbonyl (C=O) groups excluding carboxylic acids is 1. The molecule has 4 heteroatoms. The van der Waals surface area contributed by atoms with Gasteiger partial charge in [0.25, 0.3) is 0 Å². The van der Waals surface area contributed by atoms with Crippen molar-refractivity contribution in [3.8, 4) is 0 Å². The van der Waals surface area contributed by atoms with E-state index < -0.39 is 7.05 Å². The van der Waals surface area contributed by atoms with Gasteiger partial charge in [-0.2, -0.15) is 0 Å². The molecular formula is C31H36NO2P. The molecule has 0 radical (unpaired) electrons. The van der Waals surface area contributed by atoms with E-state index in [0.717, 1.165) is 28.8 Å². The van der Waals surface area contributed by atoms with E-state index in [4.69, 9.17) is 9.48 Å². The number of rotatable bonds is 7. The molecule has 0 aromatic heterocycles. The minimum absolute atomic E-state index is 0.0205. The number of hydrogen-bond donors (Lipinski definition) is 0. The predicted molar refractivity (Wildman–Crippen MR) is 148 cm³/mol. The second-order valence-electron chi connectivity index (χ2n) is 9.87. The average molecular weight is 486 g/mol. The minimum Gasteiger partial charge on any atom is -0.459 e. The van der Waals surface area contributed by atoms with Gasteiger partial charge >= 0.3 is 5.97 Å². The molecule has 0 aliphatic heterocycles. The summed E-state index contributed by atoms with van der Waals surface area (Å²) in [4.78, 5) is 12.9. The molecule has 1 aliphatic carbocycles. The molecule has 0 unspecified atom stereocenters. The van der Waals surface area contributed by atoms with Crippen molar-refractivity contribution in [2.45, 2.75) is 46.1 Å². The molecule has 0 saturated heterocycles. The van der Waals surface area contributed by atoms with Crippen molar-refractivity contribution in [1.82, 2.24) is 0 Å². The van der Waals surface area contributed by atoms with Crippen LogP contribution in [0.4, 0.5) is 0 Å². The van der Waals surface area contributed by atoms with Gasteiger partial charge in [0, 0.05) is 28.2 Å². The first-order valence-electron chi connectivity index (χ1n) is 12.7. The Bertz CT molecular complexity index is 1070. The van der Waals surface area contributed by atoms with Crippen molar-refractivity contribution in [2.24, 2.45) is 22.5 Å². The third kappa shape index (κ3) is 5.85. The first kappa shape index (κ1) is 25.2. The first-order valence-corrected chi connectivity index (χ1v) is 14.4. The number of carbonyl (C=O) groups is 1. The molecule has 3 nitrogen and oxygen atoms in total. The van der Waals surface area contributed by atoms with E-state index in [1.807, 2.05) is 18.2 Å². The van der Waals surface area contributed by atoms with Crippen LogP contribution in [-0.2, 0) is 9.53 Å². The molecule has 0 amide bonds. The van der Waals surface area contributed by atoms with E-state index in [-0.39, 0.29) is 12.1 Å². The van der Waals surface area contributed by atoms with Crippen LogP contribution in [0.5, 0.6) is 0 Å². The zero-order chi connectivity index (χ0) is 24.7. The van der Waals surface area contributed by atoms with Gasteiger partial charge in [0.05, 0.1) is 7.05 Å². The number of hydrogen-bond acceptors (Lipinski definition) is 3. The van der Waals surface area contributed by atoms with Gasteiger partial charge in [-0.25, -0.2) is 4.79 Å². The van der Waals surface area contributed by atoms with Gasteiger partial charge in [0.1, 0.15) is 6.10 Å². The van der Waals surface area contributed by atoms with Crippen LogP contribution in [0.2, 0.25) is 0 Å². The second kappa shape index (κ2) is 11.7. The van der Waals surface area contributed by atoms with Gasteiger partial charge in [0.2, 0.25) is 0 Å². The molecule has 1 fully saturated rings. The highest BCUT2D eigenvalue weighted by Crippen LogP contribution is 2.46. The van der Waals surface area contributed by atoms with Crippen LogP contribution < -0.4 is 15.9 Å². The minimum atomic E-state index is -2.36. The number of ether oxygens (including phenoxy) is 1. The Kier molecular flexibility index (Phi) is 8.42. The molecule has 1 saturated carbocycles. The molecule has 0 spiro atoms. The van der Waals surface area contributed by atoms with Crippen molar-refractivity contribution in [1.29, 1.82) is 0 Å². The summed E-state index contributed by atoms with van der Waals surface area (Å²) in [7, 11) is -2.36. The molecule has 3 aromatic rings. The summed E-state index contributed by atoms with van der Waals surface area (Å²) in [6.45, 7) is 6.71. The van der Waals surface area contributed by atoms with E-state index >= 15 is 0 Å². The molecule has 0 heterocycles. The highest BCUT2D eigenvalue weighted by atomic mass is 31.2. The number of benzene rings is 3. The number of esters is 1. The van der Waals surface area contributed by atoms with Gasteiger partial charge in [0.15, 0.2) is 0 Å². The topological polar surface area (TPSA) is 38.7 Å². The Labute approximate surface area is 210 Å². The van der Waals surface area contributed by atoms with Gasteiger partial charge in [-0.3, -0.25) is 4.74 Å². The Morgan fingerprint density at radius 1 is 0.857 bits per heavy atom. The van der Waals surface area contributed by atoms with Gasteiger partial charge in [-0.05, 0) is 30.6 Å². The molecule has 3 aromatic carbocycles. The van der Waals surface area contributed by atoms with Crippen LogP contribution in [0.3, 0.4) is 0 Å². The standard InChI is InChI=1S/C31H36NO2P/c1-24(2)29-20-19-25(3)23-30(29)34-31(33)21-22-32-35(26-13-7-4-8-14-26,27-15-9-5-10-16-27)28-17-11-6-12-18-28/h4-18,21-22,24-25,29-30H,19-20,23H2,1-3H3/b22-21+/t25-,29+,30-/m1/s1. The Morgan fingerprint density at radius 3 is 1.80 bits per heavy atom. The highest BCUT2D eigenvalue weighted by Gasteiger charge is 2.33. The fourth-order valence-corrected chi connectivity index (χ4v) is 8.58. The fourth-order valence-electron chi connectivity index (χ4n) is 5.21. The summed E-state index contributed by atoms with van der Waals surface area (Å²) in [5.41, 5.74) is 0. The van der Waals surface area contributed by atoms with Crippen LogP contribution in [0.15, 0.2) is 108 Å². The maximum Gasteiger partial charge on any atom is 0.332 e. The van der Waals surface area contributed by atoms with Crippen LogP contribution in [0.25, 0.3) is 0 Å². The van der Waals surface area contributed by atoms with Crippen LogP contribution in [0.1, 0.15) is 40.0 Å². The number of nitrogens with zero attached hydrogens (tertiary/aromatic N) is 1. The molecule has 0 bridgehead atoms. The molecule has 182 valence electrons. The molecular weight excluding hydrogens is 449 g/mol. The molecule has 3 atom stereocenters. The summed E-state index contributed by atoms with van der Waals surface area (Å²) in [6.07, 6.45) is 6.44. The second-order valence-corrected chi connectivity index (χ2v) is 12.9. The lowest BCUT2D eigenvalue weighted by Crippen LogP contribution is -2.35. The Balaban J connectivity index is 1.72. The van der Waals surface area contributed by atoms with E-state index in [2.05, 4.69) is 93.6 Å². The third-order valence-corrected chi connectivity index (χ3v) is 10.7. The van der Waals surface area contributed by atoms with Gasteiger partial charge in [-0.15, -0.1) is 0 Å². The average Bonchev–Trinajstić information content (AvgIpc) is 2.88. The summed E-state index contributed by atoms with van der Waals surface area (Å²) in [5, 5.41) is 3.45. The SMILES string of the molecule is CC(C)[C@@H]1CC[C@@H](C)C[C@H]1OC(=O)/C=C/N=P(c1ccccc1)(c1ccccc1)c1ccccc1. The monoisotopic (exact) mass is 485 g/mol. The van der Waals surface area contributed by atoms with E-state index in [9.17, 15) is 4.79 Å². The summed E-state index contributed by atoms with van der Waals surface area (Å²) in [5.74, 6) is 1.21. The van der Waals surface area contributed by atoms with Crippen LogP contribution in [0, 0.1) is 17.8 Å². The van der Waals surface area contributed by atoms with Crippen molar-refractivity contribution >= 4 is 28.9 Å². The Hall–Kier alpha value is -2.90. The first-order chi connectivity index (χ1) is 17.0. The third-order valence-electron chi connectivity index (χ3n) is 7.07. The van der Waals surface area contributed by atoms with Crippen molar-refractivity contribution < 1.29 is 9.53 Å². The smallest absolute Gasteiger partial charge is 0.332 e. The van der Waals surface area contributed by atoms with E-state index in [1.165, 1.54) is 12.5 Å². The zero-order valence-corrected chi connectivity index (χ0v) is 21.9. The summed E-state index contributed by atoms with van der Waals surface area (Å²) in [6, 6.07) is 31.2. The summed E-state index contributed by atoms with van der Waals surface area (Å²) >= 11 is 0. The maximum absolute atomic E-state index is 12.9. The molecule has 0 N–H and O–H groups in total. The molecule has 4 rings (SSSR count). The van der Waals surface area contributed by atoms with Gasteiger partial charge in [-0.1, -0.05) is 118 Å². The molecule has 35 heavy (non-hydrogen) atoms. The lowest BCUT2D eigenvalue weighted by atomic mass is 9.75. The highest BCUT2D eigenvalue weighted by molar-refractivity contribution is 7.87.